The van der Waals surface area contributed by atoms with Gasteiger partial charge in [0.1, 0.15) is 5.92 Å². The summed E-state index contributed by atoms with van der Waals surface area (Å²) in [6.45, 7) is 0. The second kappa shape index (κ2) is 6.93. The van der Waals surface area contributed by atoms with E-state index in [1.54, 1.807) is 0 Å². The fourth-order valence-electron chi connectivity index (χ4n) is 1.96. The van der Waals surface area contributed by atoms with Gasteiger partial charge in [-0.1, -0.05) is 0 Å². The average Bonchev–Trinajstić information content (AvgIpc) is 2.49. The van der Waals surface area contributed by atoms with Crippen molar-refractivity contribution < 1.29 is 37.6 Å². The van der Waals surface area contributed by atoms with Gasteiger partial charge < -0.3 is 24.4 Å². The Morgan fingerprint density at radius 3 is 1.87 bits per heavy atom. The molecule has 6 nitrogen and oxygen atoms in total. The van der Waals surface area contributed by atoms with E-state index in [0.717, 1.165) is 0 Å². The second-order valence-corrected chi connectivity index (χ2v) is 4.64. The minimum Gasteiger partial charge on any atom is -0.493 e. The lowest BCUT2D eigenvalue weighted by atomic mass is 9.91. The third kappa shape index (κ3) is 3.78. The van der Waals surface area contributed by atoms with Gasteiger partial charge in [-0.15, -0.1) is 0 Å². The first-order valence-corrected chi connectivity index (χ1v) is 6.32. The smallest absolute Gasteiger partial charge is 0.444 e. The number of halogens is 3. The van der Waals surface area contributed by atoms with Gasteiger partial charge >= 0.3 is 6.18 Å². The summed E-state index contributed by atoms with van der Waals surface area (Å²) in [4.78, 5) is 0. The van der Waals surface area contributed by atoms with Crippen molar-refractivity contribution in [2.75, 3.05) is 21.3 Å². The van der Waals surface area contributed by atoms with Crippen molar-refractivity contribution in [2.24, 2.45) is 5.92 Å². The van der Waals surface area contributed by atoms with Gasteiger partial charge in [-0.25, -0.2) is 0 Å². The molecule has 128 valence electrons. The predicted molar refractivity (Wildman–Crippen MR) is 72.1 cm³/mol. The molecule has 0 spiro atoms. The van der Waals surface area contributed by atoms with E-state index in [4.69, 9.17) is 19.5 Å². The molecule has 0 fully saturated rings. The summed E-state index contributed by atoms with van der Waals surface area (Å²) in [5.41, 5.74) is 0.183. The molecule has 2 N–H and O–H groups in total. The van der Waals surface area contributed by atoms with Gasteiger partial charge in [0, 0.05) is 0 Å². The molecule has 0 aliphatic carbocycles. The van der Waals surface area contributed by atoms with Crippen LogP contribution in [-0.2, 0) is 6.42 Å². The van der Waals surface area contributed by atoms with Crippen molar-refractivity contribution in [3.63, 3.8) is 0 Å². The Hall–Kier alpha value is -2.18. The summed E-state index contributed by atoms with van der Waals surface area (Å²) in [6.07, 6.45) is -5.95. The number of methoxy groups -OCH3 is 3. The molecule has 1 rings (SSSR count). The van der Waals surface area contributed by atoms with E-state index in [9.17, 15) is 23.4 Å². The van der Waals surface area contributed by atoms with Crippen molar-refractivity contribution in [2.45, 2.75) is 18.4 Å². The van der Waals surface area contributed by atoms with Crippen LogP contribution in [0.15, 0.2) is 12.1 Å². The van der Waals surface area contributed by atoms with Crippen LogP contribution in [0.1, 0.15) is 5.56 Å². The molecular weight excluding hydrogens is 319 g/mol. The van der Waals surface area contributed by atoms with Gasteiger partial charge in [-0.05, 0) is 24.1 Å². The molecule has 0 aromatic heterocycles. The van der Waals surface area contributed by atoms with Crippen LogP contribution < -0.4 is 14.2 Å². The van der Waals surface area contributed by atoms with Gasteiger partial charge in [-0.2, -0.15) is 18.4 Å². The molecule has 0 saturated carbocycles. The highest BCUT2D eigenvalue weighted by molar-refractivity contribution is 5.54. The first-order chi connectivity index (χ1) is 10.6. The van der Waals surface area contributed by atoms with E-state index < -0.39 is 24.3 Å². The number of aliphatic hydroxyl groups is 2. The van der Waals surface area contributed by atoms with Crippen molar-refractivity contribution in [3.8, 4) is 23.3 Å². The Balaban J connectivity index is 3.25. The van der Waals surface area contributed by atoms with Crippen LogP contribution in [0.4, 0.5) is 13.2 Å². The largest absolute Gasteiger partial charge is 0.493 e. The Labute approximate surface area is 130 Å². The van der Waals surface area contributed by atoms with E-state index in [1.165, 1.54) is 39.5 Å². The molecule has 0 aliphatic rings. The van der Waals surface area contributed by atoms with Gasteiger partial charge in [0.15, 0.2) is 11.5 Å². The highest BCUT2D eigenvalue weighted by atomic mass is 19.4. The van der Waals surface area contributed by atoms with Crippen LogP contribution in [0.3, 0.4) is 0 Å². The third-order valence-corrected chi connectivity index (χ3v) is 3.22. The number of hydrogen-bond acceptors (Lipinski definition) is 6. The fourth-order valence-corrected chi connectivity index (χ4v) is 1.96. The number of benzene rings is 1. The quantitative estimate of drug-likeness (QED) is 0.768. The van der Waals surface area contributed by atoms with Crippen LogP contribution in [-0.4, -0.2) is 43.5 Å². The molecule has 1 unspecified atom stereocenters. The summed E-state index contributed by atoms with van der Waals surface area (Å²) in [6, 6.07) is 3.93. The maximum absolute atomic E-state index is 12.7. The van der Waals surface area contributed by atoms with E-state index in [2.05, 4.69) is 0 Å². The molecule has 0 amide bonds. The zero-order chi connectivity index (χ0) is 17.8. The summed E-state index contributed by atoms with van der Waals surface area (Å²) >= 11 is 0. The lowest BCUT2D eigenvalue weighted by Gasteiger charge is -2.28. The maximum Gasteiger partial charge on any atom is 0.444 e. The topological polar surface area (TPSA) is 91.9 Å². The second-order valence-electron chi connectivity index (χ2n) is 4.64. The summed E-state index contributed by atoms with van der Waals surface area (Å²) in [5.74, 6) is -5.70. The summed E-state index contributed by atoms with van der Waals surface area (Å²) in [7, 11) is 4.00. The Morgan fingerprint density at radius 1 is 1.09 bits per heavy atom. The number of alkyl halides is 3. The van der Waals surface area contributed by atoms with Gasteiger partial charge in [0.25, 0.3) is 5.79 Å². The molecule has 0 saturated heterocycles. The van der Waals surface area contributed by atoms with E-state index in [1.807, 2.05) is 0 Å². The van der Waals surface area contributed by atoms with Crippen molar-refractivity contribution in [3.05, 3.63) is 17.7 Å². The first-order valence-electron chi connectivity index (χ1n) is 6.32. The molecule has 9 heteroatoms. The highest BCUT2D eigenvalue weighted by Gasteiger charge is 2.58. The van der Waals surface area contributed by atoms with Crippen molar-refractivity contribution in [1.82, 2.24) is 0 Å². The van der Waals surface area contributed by atoms with Gasteiger partial charge in [0.2, 0.25) is 5.75 Å². The van der Waals surface area contributed by atoms with Crippen LogP contribution >= 0.6 is 0 Å². The fraction of sp³-hybridized carbons (Fsp3) is 0.500. The van der Waals surface area contributed by atoms with Crippen LogP contribution in [0, 0.1) is 17.2 Å². The number of hydrogen-bond donors (Lipinski definition) is 2. The average molecular weight is 335 g/mol. The lowest BCUT2D eigenvalue weighted by molar-refractivity contribution is -0.362. The highest BCUT2D eigenvalue weighted by Crippen LogP contribution is 2.40. The zero-order valence-electron chi connectivity index (χ0n) is 12.6. The van der Waals surface area contributed by atoms with Crippen LogP contribution in [0.25, 0.3) is 0 Å². The molecule has 0 heterocycles. The van der Waals surface area contributed by atoms with E-state index in [-0.39, 0.29) is 22.8 Å². The Kier molecular flexibility index (Phi) is 5.69. The van der Waals surface area contributed by atoms with Gasteiger partial charge in [-0.3, -0.25) is 0 Å². The third-order valence-electron chi connectivity index (χ3n) is 3.22. The minimum atomic E-state index is -5.37. The SMILES string of the molecule is COc1cc(CC(C#N)C(O)(O)C(F)(F)F)cc(OC)c1OC. The van der Waals surface area contributed by atoms with Crippen molar-refractivity contribution >= 4 is 0 Å². The molecule has 1 aromatic carbocycles. The molecule has 1 aromatic rings. The maximum atomic E-state index is 12.7. The molecule has 23 heavy (non-hydrogen) atoms. The minimum absolute atomic E-state index is 0.173. The molecule has 1 atom stereocenters. The molecular formula is C14H16F3NO5. The number of rotatable bonds is 6. The number of nitrogens with zero attached hydrogens (tertiary/aromatic N) is 1. The van der Waals surface area contributed by atoms with Crippen LogP contribution in [0.5, 0.6) is 17.2 Å². The monoisotopic (exact) mass is 335 g/mol. The molecule has 0 aliphatic heterocycles. The molecule has 0 radical (unpaired) electrons. The Bertz CT molecular complexity index is 570. The van der Waals surface area contributed by atoms with Crippen molar-refractivity contribution in [1.29, 1.82) is 5.26 Å². The normalized spacial score (nSPS) is 13.2. The number of nitriles is 1. The molecule has 0 bridgehead atoms. The Morgan fingerprint density at radius 2 is 1.57 bits per heavy atom. The van der Waals surface area contributed by atoms with Gasteiger partial charge in [0.05, 0.1) is 27.4 Å². The number of ether oxygens (including phenoxy) is 3. The summed E-state index contributed by atoms with van der Waals surface area (Å²) < 4.78 is 53.2. The summed E-state index contributed by atoms with van der Waals surface area (Å²) in [5, 5.41) is 27.4. The van der Waals surface area contributed by atoms with E-state index >= 15 is 0 Å². The first kappa shape index (κ1) is 18.9. The zero-order valence-corrected chi connectivity index (χ0v) is 12.6. The van der Waals surface area contributed by atoms with Crippen LogP contribution in [0.2, 0.25) is 0 Å². The standard InChI is InChI=1S/C14H16F3NO5/c1-21-10-5-8(6-11(22-2)12(10)23-3)4-9(7-18)13(19,20)14(15,16)17/h5-6,9,19-20H,4H2,1-3H3. The lowest BCUT2D eigenvalue weighted by Crippen LogP contribution is -2.51. The van der Waals surface area contributed by atoms with E-state index in [0.29, 0.717) is 0 Å². The predicted octanol–water partition coefficient (Wildman–Crippen LogP) is 1.64.